The van der Waals surface area contributed by atoms with Crippen LogP contribution in [0.3, 0.4) is 0 Å². The summed E-state index contributed by atoms with van der Waals surface area (Å²) >= 11 is 1.56. The molecule has 112 valence electrons. The van der Waals surface area contributed by atoms with Crippen LogP contribution < -0.4 is 5.32 Å². The molecule has 1 heterocycles. The van der Waals surface area contributed by atoms with Gasteiger partial charge in [0.25, 0.3) is 5.91 Å². The summed E-state index contributed by atoms with van der Waals surface area (Å²) < 4.78 is 0. The third-order valence-electron chi connectivity index (χ3n) is 4.24. The van der Waals surface area contributed by atoms with E-state index in [9.17, 15) is 10.1 Å². The van der Waals surface area contributed by atoms with Crippen LogP contribution in [0, 0.1) is 24.2 Å². The number of hydrogen-bond acceptors (Lipinski definition) is 3. The van der Waals surface area contributed by atoms with Gasteiger partial charge in [0.1, 0.15) is 11.1 Å². The van der Waals surface area contributed by atoms with Gasteiger partial charge in [-0.2, -0.15) is 5.26 Å². The molecule has 0 unspecified atom stereocenters. The Morgan fingerprint density at radius 2 is 2.18 bits per heavy atom. The molecular formula is C18H18N2OS. The average molecular weight is 310 g/mol. The number of fused-ring (bicyclic) bond motifs is 1. The SMILES string of the molecule is Cc1ccccc1C(=O)Nc1sc2c(c1C#N)CC[C@@H](C)C2. The minimum absolute atomic E-state index is 0.138. The van der Waals surface area contributed by atoms with E-state index in [1.165, 1.54) is 4.88 Å². The molecule has 0 bridgehead atoms. The number of aryl methyl sites for hydroxylation is 1. The van der Waals surface area contributed by atoms with Crippen molar-refractivity contribution in [3.05, 3.63) is 51.4 Å². The molecule has 0 saturated heterocycles. The highest BCUT2D eigenvalue weighted by Crippen LogP contribution is 2.39. The van der Waals surface area contributed by atoms with Gasteiger partial charge in [0.05, 0.1) is 5.56 Å². The second-order valence-electron chi connectivity index (χ2n) is 5.94. The number of nitrogens with zero attached hydrogens (tertiary/aromatic N) is 1. The van der Waals surface area contributed by atoms with Gasteiger partial charge >= 0.3 is 0 Å². The number of hydrogen-bond donors (Lipinski definition) is 1. The quantitative estimate of drug-likeness (QED) is 0.899. The first-order chi connectivity index (χ1) is 10.6. The van der Waals surface area contributed by atoms with Crippen molar-refractivity contribution in [1.82, 2.24) is 0 Å². The Kier molecular flexibility index (Phi) is 4.00. The van der Waals surface area contributed by atoms with E-state index in [1.807, 2.05) is 31.2 Å². The number of anilines is 1. The monoisotopic (exact) mass is 310 g/mol. The predicted octanol–water partition coefficient (Wildman–Crippen LogP) is 4.31. The van der Waals surface area contributed by atoms with Gasteiger partial charge in [-0.25, -0.2) is 0 Å². The van der Waals surface area contributed by atoms with Gasteiger partial charge in [0.15, 0.2) is 0 Å². The van der Waals surface area contributed by atoms with Gasteiger partial charge in [-0.3, -0.25) is 4.79 Å². The zero-order valence-corrected chi connectivity index (χ0v) is 13.6. The van der Waals surface area contributed by atoms with Crippen LogP contribution in [-0.4, -0.2) is 5.91 Å². The molecule has 1 amide bonds. The van der Waals surface area contributed by atoms with Gasteiger partial charge in [0.2, 0.25) is 0 Å². The van der Waals surface area contributed by atoms with Crippen LogP contribution in [0.4, 0.5) is 5.00 Å². The molecule has 1 aromatic carbocycles. The summed E-state index contributed by atoms with van der Waals surface area (Å²) in [4.78, 5) is 13.7. The standard InChI is InChI=1S/C18H18N2OS/c1-11-7-8-14-15(10-19)18(22-16(14)9-11)20-17(21)13-6-4-3-5-12(13)2/h3-6,11H,7-9H2,1-2H3,(H,20,21)/t11-/m1/s1. The second kappa shape index (κ2) is 5.94. The maximum Gasteiger partial charge on any atom is 0.256 e. The molecule has 4 heteroatoms. The van der Waals surface area contributed by atoms with E-state index in [0.29, 0.717) is 22.0 Å². The number of benzene rings is 1. The van der Waals surface area contributed by atoms with Crippen molar-refractivity contribution in [2.45, 2.75) is 33.1 Å². The molecular weight excluding hydrogens is 292 g/mol. The zero-order valence-electron chi connectivity index (χ0n) is 12.8. The highest BCUT2D eigenvalue weighted by atomic mass is 32.1. The zero-order chi connectivity index (χ0) is 15.7. The van der Waals surface area contributed by atoms with Gasteiger partial charge in [0, 0.05) is 10.4 Å². The third kappa shape index (κ3) is 2.65. The number of amides is 1. The number of nitriles is 1. The van der Waals surface area contributed by atoms with Crippen molar-refractivity contribution < 1.29 is 4.79 Å². The third-order valence-corrected chi connectivity index (χ3v) is 5.41. The number of nitrogens with one attached hydrogen (secondary N) is 1. The van der Waals surface area contributed by atoms with Crippen LogP contribution in [0.1, 0.15) is 45.3 Å². The predicted molar refractivity (Wildman–Crippen MR) is 89.4 cm³/mol. The lowest BCUT2D eigenvalue weighted by atomic mass is 9.88. The summed E-state index contributed by atoms with van der Waals surface area (Å²) in [7, 11) is 0. The first-order valence-corrected chi connectivity index (χ1v) is 8.33. The molecule has 0 aliphatic heterocycles. The summed E-state index contributed by atoms with van der Waals surface area (Å²) in [6.45, 7) is 4.15. The molecule has 22 heavy (non-hydrogen) atoms. The fraction of sp³-hybridized carbons (Fsp3) is 0.333. The number of carbonyl (C=O) groups excluding carboxylic acids is 1. The van der Waals surface area contributed by atoms with Gasteiger partial charge in [-0.05, 0) is 49.3 Å². The molecule has 1 aliphatic carbocycles. The molecule has 1 N–H and O–H groups in total. The Bertz CT molecular complexity index is 770. The maximum atomic E-state index is 12.5. The van der Waals surface area contributed by atoms with E-state index in [2.05, 4.69) is 18.3 Å². The lowest BCUT2D eigenvalue weighted by Gasteiger charge is -2.17. The summed E-state index contributed by atoms with van der Waals surface area (Å²) in [6.07, 6.45) is 3.06. The van der Waals surface area contributed by atoms with Gasteiger partial charge in [-0.15, -0.1) is 11.3 Å². The molecule has 2 aromatic rings. The van der Waals surface area contributed by atoms with Crippen molar-refractivity contribution >= 4 is 22.2 Å². The minimum atomic E-state index is -0.138. The van der Waals surface area contributed by atoms with Crippen molar-refractivity contribution in [1.29, 1.82) is 5.26 Å². The molecule has 1 aromatic heterocycles. The van der Waals surface area contributed by atoms with Crippen molar-refractivity contribution in [3.8, 4) is 6.07 Å². The van der Waals surface area contributed by atoms with Crippen LogP contribution in [0.5, 0.6) is 0 Å². The Hall–Kier alpha value is -2.12. The molecule has 3 nitrogen and oxygen atoms in total. The second-order valence-corrected chi connectivity index (χ2v) is 7.04. The fourth-order valence-corrected chi connectivity index (χ4v) is 4.31. The van der Waals surface area contributed by atoms with Gasteiger partial charge in [-0.1, -0.05) is 25.1 Å². The molecule has 1 atom stereocenters. The van der Waals surface area contributed by atoms with E-state index >= 15 is 0 Å². The summed E-state index contributed by atoms with van der Waals surface area (Å²) in [6, 6.07) is 9.79. The molecule has 1 aliphatic rings. The van der Waals surface area contributed by atoms with E-state index in [4.69, 9.17) is 0 Å². The molecule has 0 fully saturated rings. The first-order valence-electron chi connectivity index (χ1n) is 7.51. The first kappa shape index (κ1) is 14.8. The largest absolute Gasteiger partial charge is 0.312 e. The lowest BCUT2D eigenvalue weighted by molar-refractivity contribution is 0.102. The smallest absolute Gasteiger partial charge is 0.256 e. The van der Waals surface area contributed by atoms with Crippen LogP contribution in [0.25, 0.3) is 0 Å². The number of rotatable bonds is 2. The number of thiophene rings is 1. The maximum absolute atomic E-state index is 12.5. The Morgan fingerprint density at radius 3 is 2.91 bits per heavy atom. The van der Waals surface area contributed by atoms with Crippen LogP contribution in [-0.2, 0) is 12.8 Å². The summed E-state index contributed by atoms with van der Waals surface area (Å²) in [5.74, 6) is 0.513. The van der Waals surface area contributed by atoms with E-state index in [0.717, 1.165) is 30.4 Å². The average Bonchev–Trinajstić information content (AvgIpc) is 2.83. The minimum Gasteiger partial charge on any atom is -0.312 e. The topological polar surface area (TPSA) is 52.9 Å². The summed E-state index contributed by atoms with van der Waals surface area (Å²) in [5.41, 5.74) is 3.40. The lowest BCUT2D eigenvalue weighted by Crippen LogP contribution is -2.13. The van der Waals surface area contributed by atoms with Crippen molar-refractivity contribution in [3.63, 3.8) is 0 Å². The Labute approximate surface area is 134 Å². The van der Waals surface area contributed by atoms with Crippen molar-refractivity contribution in [2.24, 2.45) is 5.92 Å². The van der Waals surface area contributed by atoms with E-state index in [1.54, 1.807) is 11.3 Å². The molecule has 0 saturated carbocycles. The molecule has 0 radical (unpaired) electrons. The molecule has 3 rings (SSSR count). The normalized spacial score (nSPS) is 16.7. The van der Waals surface area contributed by atoms with Crippen LogP contribution in [0.15, 0.2) is 24.3 Å². The highest BCUT2D eigenvalue weighted by molar-refractivity contribution is 7.16. The van der Waals surface area contributed by atoms with Crippen molar-refractivity contribution in [2.75, 3.05) is 5.32 Å². The summed E-state index contributed by atoms with van der Waals surface area (Å²) in [5, 5.41) is 13.1. The number of carbonyl (C=O) groups is 1. The Morgan fingerprint density at radius 1 is 1.41 bits per heavy atom. The van der Waals surface area contributed by atoms with E-state index in [-0.39, 0.29) is 5.91 Å². The Balaban J connectivity index is 1.92. The van der Waals surface area contributed by atoms with Gasteiger partial charge < -0.3 is 5.32 Å². The molecule has 0 spiro atoms. The highest BCUT2D eigenvalue weighted by Gasteiger charge is 2.25. The van der Waals surface area contributed by atoms with E-state index < -0.39 is 0 Å². The van der Waals surface area contributed by atoms with Crippen LogP contribution >= 0.6 is 11.3 Å². The van der Waals surface area contributed by atoms with Crippen LogP contribution in [0.2, 0.25) is 0 Å². The fourth-order valence-electron chi connectivity index (χ4n) is 2.96.